The molecule has 0 spiro atoms. The van der Waals surface area contributed by atoms with Crippen molar-refractivity contribution >= 4 is 11.6 Å². The molecule has 0 amide bonds. The molecular weight excluding hydrogens is 291 g/mol. The maximum absolute atomic E-state index is 14.3. The first-order valence-corrected chi connectivity index (χ1v) is 7.28. The summed E-state index contributed by atoms with van der Waals surface area (Å²) in [4.78, 5) is 0. The Bertz CT molecular complexity index is 639. The van der Waals surface area contributed by atoms with E-state index in [0.29, 0.717) is 22.6 Å². The second-order valence-corrected chi connectivity index (χ2v) is 5.46. The lowest BCUT2D eigenvalue weighted by atomic mass is 9.99. The molecule has 0 radical (unpaired) electrons. The molecule has 21 heavy (non-hydrogen) atoms. The van der Waals surface area contributed by atoms with Crippen molar-refractivity contribution < 1.29 is 4.39 Å². The topological polar surface area (TPSA) is 55.9 Å². The summed E-state index contributed by atoms with van der Waals surface area (Å²) in [5.41, 5.74) is 5.49. The van der Waals surface area contributed by atoms with Crippen molar-refractivity contribution in [3.8, 4) is 0 Å². The maximum atomic E-state index is 14.3. The van der Waals surface area contributed by atoms with E-state index in [0.717, 1.165) is 17.8 Å². The van der Waals surface area contributed by atoms with Gasteiger partial charge in [0.15, 0.2) is 0 Å². The van der Waals surface area contributed by atoms with E-state index in [-0.39, 0.29) is 11.9 Å². The summed E-state index contributed by atoms with van der Waals surface area (Å²) in [5, 5.41) is 5.00. The lowest BCUT2D eigenvalue weighted by molar-refractivity contribution is 0.495. The monoisotopic (exact) mass is 310 g/mol. The first kappa shape index (κ1) is 15.9. The SMILES string of the molecule is CCc1nn(C)c(CC(NN)c2cccc(C)c2F)c1Cl. The third-order valence-corrected chi connectivity index (χ3v) is 4.13. The lowest BCUT2D eigenvalue weighted by Crippen LogP contribution is -2.31. The number of hydrogen-bond donors (Lipinski definition) is 2. The van der Waals surface area contributed by atoms with Gasteiger partial charge in [-0.15, -0.1) is 0 Å². The molecule has 4 nitrogen and oxygen atoms in total. The highest BCUT2D eigenvalue weighted by atomic mass is 35.5. The zero-order valence-electron chi connectivity index (χ0n) is 12.5. The molecule has 0 saturated carbocycles. The van der Waals surface area contributed by atoms with Crippen LogP contribution in [0, 0.1) is 12.7 Å². The van der Waals surface area contributed by atoms with Crippen LogP contribution >= 0.6 is 11.6 Å². The molecule has 1 atom stereocenters. The van der Waals surface area contributed by atoms with Gasteiger partial charge in [-0.1, -0.05) is 36.7 Å². The zero-order valence-corrected chi connectivity index (χ0v) is 13.2. The average Bonchev–Trinajstić information content (AvgIpc) is 2.74. The van der Waals surface area contributed by atoms with Gasteiger partial charge in [-0.2, -0.15) is 5.10 Å². The second kappa shape index (κ2) is 6.56. The molecule has 114 valence electrons. The predicted octanol–water partition coefficient (Wildman–Crippen LogP) is 2.83. The summed E-state index contributed by atoms with van der Waals surface area (Å²) in [7, 11) is 1.83. The summed E-state index contributed by atoms with van der Waals surface area (Å²) in [5.74, 6) is 5.38. The van der Waals surface area contributed by atoms with Crippen LogP contribution in [0.15, 0.2) is 18.2 Å². The fourth-order valence-corrected chi connectivity index (χ4v) is 2.80. The van der Waals surface area contributed by atoms with Gasteiger partial charge in [-0.25, -0.2) is 4.39 Å². The van der Waals surface area contributed by atoms with Gasteiger partial charge in [0.25, 0.3) is 0 Å². The van der Waals surface area contributed by atoms with E-state index in [2.05, 4.69) is 10.5 Å². The largest absolute Gasteiger partial charge is 0.271 e. The van der Waals surface area contributed by atoms with Gasteiger partial charge < -0.3 is 0 Å². The molecule has 0 saturated heterocycles. The fourth-order valence-electron chi connectivity index (χ4n) is 2.43. The third-order valence-electron chi connectivity index (χ3n) is 3.70. The molecule has 1 aromatic heterocycles. The number of nitrogens with two attached hydrogens (primary N) is 1. The molecule has 2 rings (SSSR count). The van der Waals surface area contributed by atoms with Crippen molar-refractivity contribution in [2.75, 3.05) is 0 Å². The van der Waals surface area contributed by atoms with Crippen LogP contribution in [-0.4, -0.2) is 9.78 Å². The number of rotatable bonds is 5. The number of aromatic nitrogens is 2. The molecule has 0 fully saturated rings. The smallest absolute Gasteiger partial charge is 0.130 e. The lowest BCUT2D eigenvalue weighted by Gasteiger charge is -2.18. The Morgan fingerprint density at radius 3 is 2.76 bits per heavy atom. The second-order valence-electron chi connectivity index (χ2n) is 5.09. The van der Waals surface area contributed by atoms with E-state index in [1.165, 1.54) is 0 Å². The summed E-state index contributed by atoms with van der Waals surface area (Å²) >= 11 is 6.34. The molecule has 1 unspecified atom stereocenters. The van der Waals surface area contributed by atoms with Crippen molar-refractivity contribution in [3.05, 3.63) is 51.6 Å². The standard InChI is InChI=1S/C15H20ClFN4/c1-4-11-14(16)13(21(3)20-11)8-12(19-18)10-7-5-6-9(2)15(10)17/h5-7,12,19H,4,8,18H2,1-3H3. The molecule has 3 N–H and O–H groups in total. The number of hydrogen-bond acceptors (Lipinski definition) is 3. The predicted molar refractivity (Wildman–Crippen MR) is 82.5 cm³/mol. The number of aryl methyl sites for hydroxylation is 3. The number of benzene rings is 1. The van der Waals surface area contributed by atoms with Gasteiger partial charge in [-0.3, -0.25) is 16.0 Å². The Morgan fingerprint density at radius 2 is 2.19 bits per heavy atom. The Labute approximate surface area is 129 Å². The molecule has 0 aliphatic rings. The van der Waals surface area contributed by atoms with Crippen LogP contribution in [0.1, 0.15) is 35.5 Å². The molecule has 0 aliphatic carbocycles. The van der Waals surface area contributed by atoms with E-state index >= 15 is 0 Å². The maximum Gasteiger partial charge on any atom is 0.130 e. The summed E-state index contributed by atoms with van der Waals surface area (Å²) in [6.45, 7) is 3.73. The van der Waals surface area contributed by atoms with E-state index in [9.17, 15) is 4.39 Å². The van der Waals surface area contributed by atoms with Crippen LogP contribution in [0.2, 0.25) is 5.02 Å². The molecule has 1 aromatic carbocycles. The Hall–Kier alpha value is -1.43. The van der Waals surface area contributed by atoms with E-state index < -0.39 is 0 Å². The Morgan fingerprint density at radius 1 is 1.48 bits per heavy atom. The van der Waals surface area contributed by atoms with Gasteiger partial charge in [0, 0.05) is 19.0 Å². The van der Waals surface area contributed by atoms with E-state index in [1.807, 2.05) is 20.0 Å². The third kappa shape index (κ3) is 3.10. The molecule has 2 aromatic rings. The summed E-state index contributed by atoms with van der Waals surface area (Å²) in [6.07, 6.45) is 1.23. The van der Waals surface area contributed by atoms with Crippen molar-refractivity contribution in [1.29, 1.82) is 0 Å². The highest BCUT2D eigenvalue weighted by Gasteiger charge is 2.21. The quantitative estimate of drug-likeness (QED) is 0.659. The first-order valence-electron chi connectivity index (χ1n) is 6.90. The highest BCUT2D eigenvalue weighted by molar-refractivity contribution is 6.31. The van der Waals surface area contributed by atoms with Crippen LogP contribution in [0.3, 0.4) is 0 Å². The van der Waals surface area contributed by atoms with Crippen LogP contribution in [0.25, 0.3) is 0 Å². The minimum absolute atomic E-state index is 0.241. The molecule has 0 bridgehead atoms. The van der Waals surface area contributed by atoms with Crippen LogP contribution in [-0.2, 0) is 19.9 Å². The van der Waals surface area contributed by atoms with Crippen molar-refractivity contribution in [1.82, 2.24) is 15.2 Å². The molecule has 6 heteroatoms. The van der Waals surface area contributed by atoms with Gasteiger partial charge in [0.2, 0.25) is 0 Å². The van der Waals surface area contributed by atoms with E-state index in [4.69, 9.17) is 17.4 Å². The molecule has 1 heterocycles. The van der Waals surface area contributed by atoms with Gasteiger partial charge in [-0.05, 0) is 18.9 Å². The Kier molecular flexibility index (Phi) is 4.98. The minimum Gasteiger partial charge on any atom is -0.271 e. The summed E-state index contributed by atoms with van der Waals surface area (Å²) < 4.78 is 16.0. The number of nitrogens with zero attached hydrogens (tertiary/aromatic N) is 2. The normalized spacial score (nSPS) is 12.7. The van der Waals surface area contributed by atoms with Gasteiger partial charge >= 0.3 is 0 Å². The van der Waals surface area contributed by atoms with Crippen molar-refractivity contribution in [2.45, 2.75) is 32.7 Å². The highest BCUT2D eigenvalue weighted by Crippen LogP contribution is 2.27. The van der Waals surface area contributed by atoms with Crippen LogP contribution in [0.4, 0.5) is 4.39 Å². The number of halogens is 2. The minimum atomic E-state index is -0.359. The number of nitrogens with one attached hydrogen (secondary N) is 1. The average molecular weight is 311 g/mol. The summed E-state index contributed by atoms with van der Waals surface area (Å²) in [6, 6.07) is 4.93. The first-order chi connectivity index (χ1) is 9.99. The molecular formula is C15H20ClFN4. The Balaban J connectivity index is 2.36. The van der Waals surface area contributed by atoms with Crippen molar-refractivity contribution in [2.24, 2.45) is 12.9 Å². The van der Waals surface area contributed by atoms with Gasteiger partial charge in [0.05, 0.1) is 22.5 Å². The van der Waals surface area contributed by atoms with Crippen LogP contribution in [0.5, 0.6) is 0 Å². The fraction of sp³-hybridized carbons (Fsp3) is 0.400. The number of hydrazine groups is 1. The molecule has 0 aliphatic heterocycles. The zero-order chi connectivity index (χ0) is 15.6. The van der Waals surface area contributed by atoms with Gasteiger partial charge in [0.1, 0.15) is 5.82 Å². The van der Waals surface area contributed by atoms with Crippen LogP contribution < -0.4 is 11.3 Å². The van der Waals surface area contributed by atoms with E-state index in [1.54, 1.807) is 23.7 Å². The van der Waals surface area contributed by atoms with Crippen molar-refractivity contribution in [3.63, 3.8) is 0 Å².